The predicted octanol–water partition coefficient (Wildman–Crippen LogP) is 6.42. The van der Waals surface area contributed by atoms with E-state index in [2.05, 4.69) is 22.9 Å². The highest BCUT2D eigenvalue weighted by Gasteiger charge is 2.41. The first-order valence-corrected chi connectivity index (χ1v) is 25.1. The van der Waals surface area contributed by atoms with Gasteiger partial charge in [0.2, 0.25) is 29.5 Å². The smallest absolute Gasteiger partial charge is 0.329 e. The van der Waals surface area contributed by atoms with E-state index in [4.69, 9.17) is 4.74 Å². The molecule has 0 aromatic heterocycles. The summed E-state index contributed by atoms with van der Waals surface area (Å²) in [5.41, 5.74) is 0. The first kappa shape index (κ1) is 55.1. The highest BCUT2D eigenvalue weighted by Crippen LogP contribution is 2.31. The van der Waals surface area contributed by atoms with Gasteiger partial charge in [0, 0.05) is 34.0 Å². The van der Waals surface area contributed by atoms with Crippen molar-refractivity contribution < 1.29 is 38.3 Å². The van der Waals surface area contributed by atoms with Crippen molar-refractivity contribution in [1.29, 1.82) is 5.26 Å². The van der Waals surface area contributed by atoms with Crippen molar-refractivity contribution in [2.75, 3.05) is 21.1 Å². The number of nitrogens with zero attached hydrogens (tertiary/aromatic N) is 4. The SMILES string of the molecule is CCCC[C@@H](C)CC1NC(=O)C(CC2CCCCC2)N(C)C(=O)[C@H](CC(C)C)NC(=O)C(CC(C)C)N(C)C(=O)[C@H](CC2CCCCC2)NC(=O)C(CCC#N)OC(=O)[C@H](C)N(C)C1=O. The summed E-state index contributed by atoms with van der Waals surface area (Å²) < 4.78 is 5.83. The minimum atomic E-state index is -1.45. The lowest BCUT2D eigenvalue weighted by Crippen LogP contribution is -2.60. The van der Waals surface area contributed by atoms with Crippen molar-refractivity contribution >= 4 is 41.4 Å². The third kappa shape index (κ3) is 17.2. The van der Waals surface area contributed by atoms with E-state index in [1.165, 1.54) is 28.7 Å². The van der Waals surface area contributed by atoms with E-state index in [1.807, 2.05) is 40.7 Å². The van der Waals surface area contributed by atoms with Gasteiger partial charge in [0.1, 0.15) is 36.3 Å². The van der Waals surface area contributed by atoms with Crippen molar-refractivity contribution in [2.24, 2.45) is 29.6 Å². The summed E-state index contributed by atoms with van der Waals surface area (Å²) in [5, 5.41) is 18.5. The summed E-state index contributed by atoms with van der Waals surface area (Å²) in [5.74, 6) is -3.86. The van der Waals surface area contributed by atoms with Crippen LogP contribution in [0.25, 0.3) is 0 Å². The summed E-state index contributed by atoms with van der Waals surface area (Å²) in [6.45, 7) is 13.4. The molecule has 0 radical (unpaired) electrons. The van der Waals surface area contributed by atoms with Crippen LogP contribution in [-0.4, -0.2) is 120 Å². The quantitative estimate of drug-likeness (QED) is 0.155. The zero-order valence-electron chi connectivity index (χ0n) is 41.6. The van der Waals surface area contributed by atoms with Gasteiger partial charge in [-0.15, -0.1) is 0 Å². The Morgan fingerprint density at radius 1 is 0.631 bits per heavy atom. The van der Waals surface area contributed by atoms with Crippen LogP contribution in [0.3, 0.4) is 0 Å². The molecule has 0 bridgehead atoms. The van der Waals surface area contributed by atoms with Crippen LogP contribution in [0.5, 0.6) is 0 Å². The second-order valence-corrected chi connectivity index (χ2v) is 20.6. The van der Waals surface area contributed by atoms with E-state index in [0.29, 0.717) is 12.8 Å². The van der Waals surface area contributed by atoms with E-state index >= 15 is 0 Å². The van der Waals surface area contributed by atoms with Gasteiger partial charge in [-0.2, -0.15) is 5.26 Å². The number of unbranched alkanes of at least 4 members (excludes halogenated alkanes) is 1. The first-order chi connectivity index (χ1) is 30.8. The van der Waals surface area contributed by atoms with Gasteiger partial charge in [-0.1, -0.05) is 125 Å². The zero-order valence-corrected chi connectivity index (χ0v) is 41.6. The Labute approximate surface area is 390 Å². The molecule has 2 aliphatic carbocycles. The number of amides is 6. The number of hydrogen-bond donors (Lipinski definition) is 3. The van der Waals surface area contributed by atoms with Crippen LogP contribution in [0.2, 0.25) is 0 Å². The molecule has 15 heteroatoms. The average Bonchev–Trinajstić information content (AvgIpc) is 3.28. The van der Waals surface area contributed by atoms with E-state index < -0.39 is 83.8 Å². The van der Waals surface area contributed by atoms with Crippen molar-refractivity contribution in [3.8, 4) is 6.07 Å². The lowest BCUT2D eigenvalue weighted by atomic mass is 9.84. The Kier molecular flexibility index (Phi) is 23.3. The summed E-state index contributed by atoms with van der Waals surface area (Å²) in [4.78, 5) is 106. The standard InChI is InChI=1S/C50H85N7O8/c1-11-12-20-34(6)29-39-47(61)55(8)35(7)50(64)65-43(25-19-26-51)46(60)54-40(30-36-21-15-13-16-22-36)49(63)56(9)41(28-33(4)5)44(58)52-38(27-32(2)3)48(62)57(10)42(45(59)53-39)31-37-23-17-14-18-24-37/h32-43H,11-25,27-31H2,1-10H3,(H,52,58)(H,53,59)(H,54,60)/t34-,35+,38+,39?,40+,41?,42?,43?/m1/s1. The second kappa shape index (κ2) is 27.4. The summed E-state index contributed by atoms with van der Waals surface area (Å²) >= 11 is 0. The number of cyclic esters (lactones) is 1. The van der Waals surface area contributed by atoms with Crippen LogP contribution < -0.4 is 16.0 Å². The molecule has 15 nitrogen and oxygen atoms in total. The third-order valence-corrected chi connectivity index (χ3v) is 14.1. The highest BCUT2D eigenvalue weighted by molar-refractivity contribution is 5.97. The normalized spacial score (nSPS) is 27.8. The Bertz CT molecular complexity index is 1620. The molecule has 3 rings (SSSR count). The molecule has 368 valence electrons. The number of carbonyl (C=O) groups excluding carboxylic acids is 7. The number of ether oxygens (including phenoxy) is 1. The molecule has 0 aromatic rings. The van der Waals surface area contributed by atoms with Crippen molar-refractivity contribution in [2.45, 2.75) is 219 Å². The van der Waals surface area contributed by atoms with Gasteiger partial charge < -0.3 is 35.4 Å². The lowest BCUT2D eigenvalue weighted by molar-refractivity contribution is -0.163. The number of nitrogens with one attached hydrogen (secondary N) is 3. The Morgan fingerprint density at radius 3 is 1.65 bits per heavy atom. The molecule has 3 N–H and O–H groups in total. The van der Waals surface area contributed by atoms with Crippen LogP contribution >= 0.6 is 0 Å². The van der Waals surface area contributed by atoms with E-state index in [9.17, 15) is 38.8 Å². The van der Waals surface area contributed by atoms with Crippen LogP contribution in [-0.2, 0) is 38.3 Å². The first-order valence-electron chi connectivity index (χ1n) is 25.1. The van der Waals surface area contributed by atoms with Gasteiger partial charge in [0.15, 0.2) is 6.10 Å². The second-order valence-electron chi connectivity index (χ2n) is 20.6. The number of carbonyl (C=O) groups is 7. The van der Waals surface area contributed by atoms with Crippen LogP contribution in [0.4, 0.5) is 0 Å². The average molecular weight is 912 g/mol. The molecule has 2 saturated carbocycles. The molecular weight excluding hydrogens is 827 g/mol. The predicted molar refractivity (Wildman–Crippen MR) is 250 cm³/mol. The number of likely N-dealkylation sites (N-methyl/N-ethyl adjacent to an activating group) is 3. The van der Waals surface area contributed by atoms with Crippen molar-refractivity contribution in [1.82, 2.24) is 30.7 Å². The Morgan fingerprint density at radius 2 is 1.11 bits per heavy atom. The van der Waals surface area contributed by atoms with E-state index in [1.54, 1.807) is 14.1 Å². The zero-order chi connectivity index (χ0) is 48.4. The van der Waals surface area contributed by atoms with Crippen molar-refractivity contribution in [3.63, 3.8) is 0 Å². The monoisotopic (exact) mass is 912 g/mol. The van der Waals surface area contributed by atoms with Gasteiger partial charge >= 0.3 is 5.97 Å². The molecule has 0 spiro atoms. The number of rotatable bonds is 15. The Balaban J connectivity index is 2.22. The van der Waals surface area contributed by atoms with Gasteiger partial charge in [0.05, 0.1) is 6.07 Å². The third-order valence-electron chi connectivity index (χ3n) is 14.1. The summed E-state index contributed by atoms with van der Waals surface area (Å²) in [7, 11) is 4.60. The number of hydrogen-bond acceptors (Lipinski definition) is 9. The van der Waals surface area contributed by atoms with Gasteiger partial charge in [-0.3, -0.25) is 28.8 Å². The molecule has 1 aliphatic heterocycles. The van der Waals surface area contributed by atoms with E-state index in [0.717, 1.165) is 83.5 Å². The van der Waals surface area contributed by atoms with Gasteiger partial charge in [0.25, 0.3) is 5.91 Å². The molecule has 3 fully saturated rings. The highest BCUT2D eigenvalue weighted by atomic mass is 16.5. The molecule has 0 aromatic carbocycles. The maximum Gasteiger partial charge on any atom is 0.329 e. The molecule has 4 unspecified atom stereocenters. The molecule has 1 saturated heterocycles. The summed E-state index contributed by atoms with van der Waals surface area (Å²) in [6.07, 6.45) is 12.2. The molecule has 65 heavy (non-hydrogen) atoms. The maximum absolute atomic E-state index is 14.9. The molecule has 1 heterocycles. The molecule has 6 amide bonds. The summed E-state index contributed by atoms with van der Waals surface area (Å²) in [6, 6.07) is -4.31. The minimum Gasteiger partial charge on any atom is -0.451 e. The van der Waals surface area contributed by atoms with Gasteiger partial charge in [-0.05, 0) is 68.6 Å². The lowest BCUT2D eigenvalue weighted by Gasteiger charge is -2.37. The maximum atomic E-state index is 14.9. The van der Waals surface area contributed by atoms with Crippen molar-refractivity contribution in [3.05, 3.63) is 0 Å². The fourth-order valence-corrected chi connectivity index (χ4v) is 9.90. The number of nitriles is 1. The largest absolute Gasteiger partial charge is 0.451 e. The topological polar surface area (TPSA) is 198 Å². The van der Waals surface area contributed by atoms with Gasteiger partial charge in [-0.25, -0.2) is 4.79 Å². The van der Waals surface area contributed by atoms with Crippen LogP contribution in [0, 0.1) is 40.9 Å². The fourth-order valence-electron chi connectivity index (χ4n) is 9.90. The van der Waals surface area contributed by atoms with E-state index in [-0.39, 0.29) is 61.7 Å². The fraction of sp³-hybridized carbons (Fsp3) is 0.840. The number of esters is 1. The molecule has 8 atom stereocenters. The van der Waals surface area contributed by atoms with Crippen LogP contribution in [0.1, 0.15) is 177 Å². The van der Waals surface area contributed by atoms with Crippen LogP contribution in [0.15, 0.2) is 0 Å². The Hall–Kier alpha value is -4.22. The molecular formula is C50H85N7O8. The molecule has 3 aliphatic rings. The minimum absolute atomic E-state index is 0.0244.